The molecule has 1 aromatic rings. The predicted molar refractivity (Wildman–Crippen MR) is 68.2 cm³/mol. The van der Waals surface area contributed by atoms with E-state index in [1.807, 2.05) is 0 Å². The third-order valence-electron chi connectivity index (χ3n) is 3.43. The summed E-state index contributed by atoms with van der Waals surface area (Å²) in [6.45, 7) is 0.295. The maximum Gasteiger partial charge on any atom is 0.573 e. The molecule has 2 rings (SSSR count). The molecule has 1 aromatic carbocycles. The minimum atomic E-state index is -4.68. The van der Waals surface area contributed by atoms with Crippen LogP contribution in [-0.2, 0) is 6.54 Å². The Morgan fingerprint density at radius 1 is 1.25 bits per heavy atom. The lowest BCUT2D eigenvalue weighted by Crippen LogP contribution is -2.35. The molecule has 0 aliphatic heterocycles. The van der Waals surface area contributed by atoms with Gasteiger partial charge in [0, 0.05) is 18.2 Å². The molecular weight excluding hydrogens is 271 g/mol. The van der Waals surface area contributed by atoms with Crippen molar-refractivity contribution in [1.29, 1.82) is 0 Å². The standard InChI is InChI=1S/C14H18F3NO2/c15-14(16,17)20-13-7-2-1-4-10(13)9-18-11-5-3-6-12(19)8-11/h1-2,4,7,11-12,18-19H,3,5-6,8-9H2. The van der Waals surface area contributed by atoms with Gasteiger partial charge < -0.3 is 15.2 Å². The zero-order chi connectivity index (χ0) is 14.6. The molecule has 112 valence electrons. The van der Waals surface area contributed by atoms with Crippen LogP contribution < -0.4 is 10.1 Å². The van der Waals surface area contributed by atoms with E-state index < -0.39 is 6.36 Å². The first-order valence-corrected chi connectivity index (χ1v) is 6.69. The number of halogens is 3. The molecular formula is C14H18F3NO2. The Morgan fingerprint density at radius 2 is 2.00 bits per heavy atom. The van der Waals surface area contributed by atoms with Crippen molar-refractivity contribution in [3.8, 4) is 5.75 Å². The normalized spacial score (nSPS) is 23.6. The van der Waals surface area contributed by atoms with E-state index in [9.17, 15) is 18.3 Å². The van der Waals surface area contributed by atoms with Gasteiger partial charge in [-0.25, -0.2) is 0 Å². The highest BCUT2D eigenvalue weighted by molar-refractivity contribution is 5.33. The average molecular weight is 289 g/mol. The maximum atomic E-state index is 12.3. The zero-order valence-electron chi connectivity index (χ0n) is 11.0. The van der Waals surface area contributed by atoms with E-state index in [0.717, 1.165) is 19.3 Å². The van der Waals surface area contributed by atoms with Crippen molar-refractivity contribution in [1.82, 2.24) is 5.32 Å². The summed E-state index contributed by atoms with van der Waals surface area (Å²) in [6, 6.07) is 6.23. The van der Waals surface area contributed by atoms with Crippen LogP contribution >= 0.6 is 0 Å². The molecule has 1 aliphatic rings. The van der Waals surface area contributed by atoms with E-state index in [-0.39, 0.29) is 17.9 Å². The van der Waals surface area contributed by atoms with Crippen LogP contribution in [0.25, 0.3) is 0 Å². The number of aliphatic hydroxyl groups is 1. The van der Waals surface area contributed by atoms with Gasteiger partial charge in [0.1, 0.15) is 5.75 Å². The Labute approximate surface area is 115 Å². The molecule has 3 nitrogen and oxygen atoms in total. The molecule has 0 bridgehead atoms. The quantitative estimate of drug-likeness (QED) is 0.895. The van der Waals surface area contributed by atoms with Gasteiger partial charge in [-0.3, -0.25) is 0 Å². The van der Waals surface area contributed by atoms with Crippen molar-refractivity contribution in [2.24, 2.45) is 0 Å². The Kier molecular flexibility index (Phi) is 4.88. The van der Waals surface area contributed by atoms with Crippen molar-refractivity contribution < 1.29 is 23.0 Å². The smallest absolute Gasteiger partial charge is 0.405 e. The molecule has 2 N–H and O–H groups in total. The SMILES string of the molecule is OC1CCCC(NCc2ccccc2OC(F)(F)F)C1. The number of rotatable bonds is 4. The minimum absolute atomic E-state index is 0.137. The van der Waals surface area contributed by atoms with E-state index in [4.69, 9.17) is 0 Å². The van der Waals surface area contributed by atoms with E-state index in [0.29, 0.717) is 18.5 Å². The molecule has 1 fully saturated rings. The number of aliphatic hydroxyl groups excluding tert-OH is 1. The number of benzene rings is 1. The van der Waals surface area contributed by atoms with Gasteiger partial charge in [0.05, 0.1) is 6.10 Å². The molecule has 6 heteroatoms. The van der Waals surface area contributed by atoms with Crippen LogP contribution in [0.4, 0.5) is 13.2 Å². The van der Waals surface area contributed by atoms with Crippen molar-refractivity contribution in [2.75, 3.05) is 0 Å². The maximum absolute atomic E-state index is 12.3. The third kappa shape index (κ3) is 4.68. The molecule has 0 amide bonds. The zero-order valence-corrected chi connectivity index (χ0v) is 11.0. The Morgan fingerprint density at radius 3 is 2.70 bits per heavy atom. The fourth-order valence-corrected chi connectivity index (χ4v) is 2.48. The van der Waals surface area contributed by atoms with E-state index in [1.165, 1.54) is 12.1 Å². The van der Waals surface area contributed by atoms with Crippen LogP contribution in [0.1, 0.15) is 31.2 Å². The van der Waals surface area contributed by atoms with Gasteiger partial charge in [-0.1, -0.05) is 18.2 Å². The number of hydrogen-bond donors (Lipinski definition) is 2. The summed E-state index contributed by atoms with van der Waals surface area (Å²) < 4.78 is 40.9. The monoisotopic (exact) mass is 289 g/mol. The van der Waals surface area contributed by atoms with Crippen LogP contribution in [0.3, 0.4) is 0 Å². The lowest BCUT2D eigenvalue weighted by atomic mass is 9.93. The fourth-order valence-electron chi connectivity index (χ4n) is 2.48. The molecule has 1 saturated carbocycles. The summed E-state index contributed by atoms with van der Waals surface area (Å²) in [6.07, 6.45) is -1.70. The highest BCUT2D eigenvalue weighted by atomic mass is 19.4. The first-order chi connectivity index (χ1) is 9.44. The van der Waals surface area contributed by atoms with Crippen LogP contribution in [0.15, 0.2) is 24.3 Å². The highest BCUT2D eigenvalue weighted by Gasteiger charge is 2.32. The molecule has 0 heterocycles. The van der Waals surface area contributed by atoms with Gasteiger partial charge in [0.25, 0.3) is 0 Å². The van der Waals surface area contributed by atoms with Gasteiger partial charge in [0.15, 0.2) is 0 Å². The fraction of sp³-hybridized carbons (Fsp3) is 0.571. The summed E-state index contributed by atoms with van der Waals surface area (Å²) in [7, 11) is 0. The first kappa shape index (κ1) is 15.1. The molecule has 0 aromatic heterocycles. The number of nitrogens with one attached hydrogen (secondary N) is 1. The van der Waals surface area contributed by atoms with Crippen molar-refractivity contribution >= 4 is 0 Å². The largest absolute Gasteiger partial charge is 0.573 e. The molecule has 1 aliphatic carbocycles. The number of ether oxygens (including phenoxy) is 1. The number of hydrogen-bond acceptors (Lipinski definition) is 3. The van der Waals surface area contributed by atoms with E-state index in [2.05, 4.69) is 10.1 Å². The molecule has 0 spiro atoms. The van der Waals surface area contributed by atoms with Crippen molar-refractivity contribution in [3.63, 3.8) is 0 Å². The number of alkyl halides is 3. The topological polar surface area (TPSA) is 41.5 Å². The number of para-hydroxylation sites is 1. The minimum Gasteiger partial charge on any atom is -0.405 e. The molecule has 0 radical (unpaired) electrons. The van der Waals surface area contributed by atoms with Crippen LogP contribution in [-0.4, -0.2) is 23.6 Å². The Bertz CT molecular complexity index is 437. The summed E-state index contributed by atoms with van der Waals surface area (Å²) >= 11 is 0. The van der Waals surface area contributed by atoms with Crippen molar-refractivity contribution in [2.45, 2.75) is 50.7 Å². The first-order valence-electron chi connectivity index (χ1n) is 6.69. The molecule has 0 saturated heterocycles. The van der Waals surface area contributed by atoms with Gasteiger partial charge >= 0.3 is 6.36 Å². The highest BCUT2D eigenvalue weighted by Crippen LogP contribution is 2.26. The van der Waals surface area contributed by atoms with Crippen molar-refractivity contribution in [3.05, 3.63) is 29.8 Å². The summed E-state index contributed by atoms with van der Waals surface area (Å²) in [5, 5.41) is 12.8. The lowest BCUT2D eigenvalue weighted by Gasteiger charge is -2.27. The average Bonchev–Trinajstić information content (AvgIpc) is 2.36. The molecule has 20 heavy (non-hydrogen) atoms. The Hall–Kier alpha value is -1.27. The second kappa shape index (κ2) is 6.45. The second-order valence-electron chi connectivity index (χ2n) is 5.05. The summed E-state index contributed by atoms with van der Waals surface area (Å²) in [5.74, 6) is -0.177. The Balaban J connectivity index is 1.95. The van der Waals surface area contributed by atoms with E-state index >= 15 is 0 Å². The van der Waals surface area contributed by atoms with Gasteiger partial charge in [-0.15, -0.1) is 13.2 Å². The summed E-state index contributed by atoms with van der Waals surface area (Å²) in [4.78, 5) is 0. The second-order valence-corrected chi connectivity index (χ2v) is 5.05. The van der Waals surface area contributed by atoms with Crippen LogP contribution in [0, 0.1) is 0 Å². The van der Waals surface area contributed by atoms with Gasteiger partial charge in [-0.2, -0.15) is 0 Å². The van der Waals surface area contributed by atoms with Gasteiger partial charge in [0.2, 0.25) is 0 Å². The molecule has 2 unspecified atom stereocenters. The lowest BCUT2D eigenvalue weighted by molar-refractivity contribution is -0.274. The van der Waals surface area contributed by atoms with E-state index in [1.54, 1.807) is 12.1 Å². The van der Waals surface area contributed by atoms with Gasteiger partial charge in [-0.05, 0) is 31.7 Å². The summed E-state index contributed by atoms with van der Waals surface area (Å²) in [5.41, 5.74) is 0.463. The molecule has 2 atom stereocenters. The van der Waals surface area contributed by atoms with Crippen LogP contribution in [0.5, 0.6) is 5.75 Å². The third-order valence-corrected chi connectivity index (χ3v) is 3.43. The van der Waals surface area contributed by atoms with Crippen LogP contribution in [0.2, 0.25) is 0 Å². The predicted octanol–water partition coefficient (Wildman–Crippen LogP) is 2.98.